The number of carbonyl (C=O) groups excluding carboxylic acids is 3. The van der Waals surface area contributed by atoms with Gasteiger partial charge in [0.15, 0.2) is 0 Å². The fourth-order valence-electron chi connectivity index (χ4n) is 4.03. The lowest BCUT2D eigenvalue weighted by atomic mass is 10.1. The number of imide groups is 1. The fourth-order valence-corrected chi connectivity index (χ4v) is 4.03. The second-order valence-electron chi connectivity index (χ2n) is 10.6. The van der Waals surface area contributed by atoms with Crippen LogP contribution in [0.3, 0.4) is 0 Å². The van der Waals surface area contributed by atoms with Crippen LogP contribution in [0.4, 0.5) is 10.5 Å². The van der Waals surface area contributed by atoms with Crippen molar-refractivity contribution in [1.29, 1.82) is 0 Å². The van der Waals surface area contributed by atoms with Crippen molar-refractivity contribution in [3.05, 3.63) is 34.7 Å². The van der Waals surface area contributed by atoms with Gasteiger partial charge in [0.05, 0.1) is 38.0 Å². The van der Waals surface area contributed by atoms with Crippen molar-refractivity contribution in [3.63, 3.8) is 0 Å². The van der Waals surface area contributed by atoms with Crippen LogP contribution in [-0.2, 0) is 28.5 Å². The van der Waals surface area contributed by atoms with Crippen LogP contribution in [0.5, 0.6) is 0 Å². The van der Waals surface area contributed by atoms with Crippen molar-refractivity contribution < 1.29 is 33.3 Å². The van der Waals surface area contributed by atoms with Gasteiger partial charge in [-0.15, -0.1) is 0 Å². The van der Waals surface area contributed by atoms with Crippen LogP contribution in [0, 0.1) is 0 Å². The molecule has 1 aliphatic heterocycles. The number of amides is 3. The Morgan fingerprint density at radius 2 is 1.66 bits per heavy atom. The number of piperidine rings is 1. The summed E-state index contributed by atoms with van der Waals surface area (Å²) in [7, 11) is 0. The molecule has 1 saturated heterocycles. The van der Waals surface area contributed by atoms with Crippen LogP contribution in [0.2, 0.25) is 0 Å². The third kappa shape index (κ3) is 11.1. The van der Waals surface area contributed by atoms with E-state index in [2.05, 4.69) is 21.0 Å². The number of benzene rings is 1. The Morgan fingerprint density at radius 1 is 1.00 bits per heavy atom. The molecule has 0 radical (unpaired) electrons. The van der Waals surface area contributed by atoms with E-state index in [-0.39, 0.29) is 24.3 Å². The van der Waals surface area contributed by atoms with Gasteiger partial charge in [-0.25, -0.2) is 9.48 Å². The van der Waals surface area contributed by atoms with Crippen LogP contribution in [0.25, 0.3) is 10.8 Å². The maximum absolute atomic E-state index is 13.0. The lowest BCUT2D eigenvalue weighted by molar-refractivity contribution is -0.136. The summed E-state index contributed by atoms with van der Waals surface area (Å²) in [5.41, 5.74) is -0.101. The minimum Gasteiger partial charge on any atom is -0.444 e. The molecule has 3 amide bonds. The van der Waals surface area contributed by atoms with Crippen LogP contribution in [-0.4, -0.2) is 86.0 Å². The highest BCUT2D eigenvalue weighted by molar-refractivity contribution is 5.99. The number of anilines is 1. The van der Waals surface area contributed by atoms with E-state index >= 15 is 0 Å². The number of hydrogen-bond donors (Lipinski definition) is 3. The molecule has 2 heterocycles. The molecular formula is C28H41N5O8. The number of carbonyl (C=O) groups is 3. The van der Waals surface area contributed by atoms with Crippen LogP contribution < -0.4 is 21.5 Å². The number of aromatic nitrogens is 2. The predicted octanol–water partition coefficient (Wildman–Crippen LogP) is 2.14. The molecule has 1 aliphatic rings. The number of nitrogens with one attached hydrogen (secondary N) is 3. The van der Waals surface area contributed by atoms with E-state index in [1.807, 2.05) is 26.8 Å². The van der Waals surface area contributed by atoms with E-state index in [4.69, 9.17) is 18.9 Å². The molecule has 1 unspecified atom stereocenters. The first-order valence-electron chi connectivity index (χ1n) is 13.9. The van der Waals surface area contributed by atoms with Gasteiger partial charge in [0.25, 0.3) is 11.5 Å². The fraction of sp³-hybridized carbons (Fsp3) is 0.607. The second kappa shape index (κ2) is 16.0. The second-order valence-corrected chi connectivity index (χ2v) is 10.6. The minimum absolute atomic E-state index is 0.171. The molecule has 226 valence electrons. The highest BCUT2D eigenvalue weighted by atomic mass is 16.6. The van der Waals surface area contributed by atoms with E-state index in [1.165, 1.54) is 0 Å². The maximum atomic E-state index is 13.0. The third-order valence-corrected chi connectivity index (χ3v) is 5.99. The van der Waals surface area contributed by atoms with E-state index in [0.29, 0.717) is 69.9 Å². The Balaban J connectivity index is 1.23. The summed E-state index contributed by atoms with van der Waals surface area (Å²) in [5, 5.41) is 13.5. The van der Waals surface area contributed by atoms with Crippen molar-refractivity contribution in [2.24, 2.45) is 0 Å². The molecule has 0 bridgehead atoms. The Morgan fingerprint density at radius 3 is 2.32 bits per heavy atom. The number of hydrogen-bond acceptors (Lipinski definition) is 10. The average molecular weight is 576 g/mol. The summed E-state index contributed by atoms with van der Waals surface area (Å²) in [6, 6.07) is 4.62. The molecule has 2 aromatic rings. The van der Waals surface area contributed by atoms with Crippen LogP contribution in [0.1, 0.15) is 52.5 Å². The molecule has 1 aromatic heterocycles. The van der Waals surface area contributed by atoms with Gasteiger partial charge in [-0.3, -0.25) is 19.7 Å². The van der Waals surface area contributed by atoms with Crippen LogP contribution >= 0.6 is 0 Å². The zero-order chi connectivity index (χ0) is 29.7. The first kappa shape index (κ1) is 32.0. The molecule has 3 N–H and O–H groups in total. The number of nitrogens with zero attached hydrogens (tertiary/aromatic N) is 2. The Kier molecular flexibility index (Phi) is 12.5. The molecule has 0 spiro atoms. The Labute approximate surface area is 239 Å². The quantitative estimate of drug-likeness (QED) is 0.200. The standard InChI is InChI=1S/C28H41N5O8/c1-28(2,3)41-27(37)30-11-5-13-39-15-17-40-16-14-38-12-4-10-29-21-7-6-20-19-31-33(26(36)22(20)18-21)23-8-9-24(34)32-25(23)35/h6-7,18-19,23,29H,4-5,8-17H2,1-3H3,(H,30,37)(H,32,34,35). The predicted molar refractivity (Wildman–Crippen MR) is 152 cm³/mol. The molecule has 1 fully saturated rings. The molecule has 1 atom stereocenters. The maximum Gasteiger partial charge on any atom is 0.407 e. The minimum atomic E-state index is -0.797. The van der Waals surface area contributed by atoms with E-state index in [9.17, 15) is 19.2 Å². The molecular weight excluding hydrogens is 534 g/mol. The first-order chi connectivity index (χ1) is 19.6. The van der Waals surface area contributed by atoms with Gasteiger partial charge in [-0.05, 0) is 52.2 Å². The normalized spacial score (nSPS) is 15.5. The summed E-state index contributed by atoms with van der Waals surface area (Å²) in [6.45, 7) is 9.54. The van der Waals surface area contributed by atoms with E-state index in [1.54, 1.807) is 18.3 Å². The number of rotatable bonds is 16. The first-order valence-corrected chi connectivity index (χ1v) is 13.9. The molecule has 13 nitrogen and oxygen atoms in total. The smallest absolute Gasteiger partial charge is 0.407 e. The van der Waals surface area contributed by atoms with Crippen molar-refractivity contribution >= 4 is 34.4 Å². The molecule has 1 aromatic carbocycles. The number of fused-ring (bicyclic) bond motifs is 1. The molecule has 0 saturated carbocycles. The lowest BCUT2D eigenvalue weighted by Crippen LogP contribution is -2.45. The molecule has 41 heavy (non-hydrogen) atoms. The summed E-state index contributed by atoms with van der Waals surface area (Å²) in [5.74, 6) is -0.850. The van der Waals surface area contributed by atoms with Crippen molar-refractivity contribution in [2.45, 2.75) is 58.1 Å². The zero-order valence-electron chi connectivity index (χ0n) is 24.0. The number of ether oxygens (including phenoxy) is 4. The van der Waals surface area contributed by atoms with Gasteiger partial charge in [0.2, 0.25) is 5.91 Å². The SMILES string of the molecule is CC(C)(C)OC(=O)NCCCOCCOCCOCCCNc1ccc2cnn(C3CCC(=O)NC3=O)c(=O)c2c1. The van der Waals surface area contributed by atoms with Gasteiger partial charge in [0, 0.05) is 43.8 Å². The summed E-state index contributed by atoms with van der Waals surface area (Å²) < 4.78 is 22.9. The summed E-state index contributed by atoms with van der Waals surface area (Å²) in [6.07, 6.45) is 2.99. The van der Waals surface area contributed by atoms with Crippen molar-refractivity contribution in [1.82, 2.24) is 20.4 Å². The summed E-state index contributed by atoms with van der Waals surface area (Å²) in [4.78, 5) is 48.2. The Bertz CT molecular complexity index is 1230. The summed E-state index contributed by atoms with van der Waals surface area (Å²) >= 11 is 0. The topological polar surface area (TPSA) is 159 Å². The van der Waals surface area contributed by atoms with Crippen molar-refractivity contribution in [2.75, 3.05) is 58.0 Å². The van der Waals surface area contributed by atoms with Gasteiger partial charge in [-0.2, -0.15) is 5.10 Å². The van der Waals surface area contributed by atoms with Gasteiger partial charge in [-0.1, -0.05) is 6.07 Å². The number of alkyl carbamates (subject to hydrolysis) is 1. The van der Waals surface area contributed by atoms with E-state index < -0.39 is 23.6 Å². The average Bonchev–Trinajstić information content (AvgIpc) is 2.91. The molecule has 0 aliphatic carbocycles. The third-order valence-electron chi connectivity index (χ3n) is 5.99. The van der Waals surface area contributed by atoms with Crippen molar-refractivity contribution in [3.8, 4) is 0 Å². The zero-order valence-corrected chi connectivity index (χ0v) is 24.0. The lowest BCUT2D eigenvalue weighted by Gasteiger charge is -2.21. The largest absolute Gasteiger partial charge is 0.444 e. The molecule has 13 heteroatoms. The van der Waals surface area contributed by atoms with Gasteiger partial charge < -0.3 is 29.6 Å². The highest BCUT2D eigenvalue weighted by Crippen LogP contribution is 2.19. The van der Waals surface area contributed by atoms with E-state index in [0.717, 1.165) is 16.8 Å². The highest BCUT2D eigenvalue weighted by Gasteiger charge is 2.29. The van der Waals surface area contributed by atoms with Crippen LogP contribution in [0.15, 0.2) is 29.2 Å². The molecule has 3 rings (SSSR count). The van der Waals surface area contributed by atoms with Gasteiger partial charge in [0.1, 0.15) is 11.6 Å². The van der Waals surface area contributed by atoms with Gasteiger partial charge >= 0.3 is 6.09 Å². The monoisotopic (exact) mass is 575 g/mol. The Hall–Kier alpha value is -3.55.